The SMILES string of the molecule is O=S(=O)(O)c1ccccc1-c1c(-c2ccccc2S(=O)(=O)O)c2c(-c3ccccc3S(=O)(=O)O)c3nc(cc4ccc(cc5nc(cc1n2-c1ccccc1S(=O)(=O)O)C=C5)[nH]4)C=C3. The second kappa shape index (κ2) is 15.4. The highest BCUT2D eigenvalue weighted by molar-refractivity contribution is 7.86. The van der Waals surface area contributed by atoms with E-state index in [1.165, 1.54) is 89.5 Å². The van der Waals surface area contributed by atoms with Crippen LogP contribution in [0, 0.1) is 0 Å². The van der Waals surface area contributed by atoms with Crippen LogP contribution in [-0.4, -0.2) is 71.4 Å². The Morgan fingerprint density at radius 3 is 1.34 bits per heavy atom. The van der Waals surface area contributed by atoms with E-state index in [0.29, 0.717) is 22.4 Å². The first-order valence-electron chi connectivity index (χ1n) is 18.7. The molecule has 8 bridgehead atoms. The minimum absolute atomic E-state index is 0.0450. The lowest BCUT2D eigenvalue weighted by molar-refractivity contribution is 0.481. The van der Waals surface area contributed by atoms with Gasteiger partial charge in [0.25, 0.3) is 40.5 Å². The second-order valence-corrected chi connectivity index (χ2v) is 20.0. The van der Waals surface area contributed by atoms with Gasteiger partial charge in [0, 0.05) is 44.4 Å². The molecule has 5 heterocycles. The van der Waals surface area contributed by atoms with Gasteiger partial charge in [-0.3, -0.25) is 18.2 Å². The molecule has 0 atom stereocenters. The van der Waals surface area contributed by atoms with Crippen molar-refractivity contribution in [2.24, 2.45) is 0 Å². The molecule has 3 aromatic heterocycles. The Balaban J connectivity index is 1.75. The molecule has 322 valence electrons. The van der Waals surface area contributed by atoms with Crippen LogP contribution < -0.4 is 0 Å². The highest BCUT2D eigenvalue weighted by Gasteiger charge is 2.33. The molecule has 9 rings (SSSR count). The summed E-state index contributed by atoms with van der Waals surface area (Å²) in [5.41, 5.74) is -0.375. The van der Waals surface area contributed by atoms with E-state index < -0.39 is 60.1 Å². The van der Waals surface area contributed by atoms with Crippen LogP contribution in [0.4, 0.5) is 0 Å². The number of benzene rings is 4. The second-order valence-electron chi connectivity index (χ2n) is 14.4. The van der Waals surface area contributed by atoms with Crippen molar-refractivity contribution in [2.45, 2.75) is 19.6 Å². The molecule has 0 aliphatic carbocycles. The number of aromatic amines is 1. The molecule has 0 unspecified atom stereocenters. The molecule has 2 aliphatic heterocycles. The number of hydrogen-bond acceptors (Lipinski definition) is 10. The zero-order valence-electron chi connectivity index (χ0n) is 32.5. The van der Waals surface area contributed by atoms with E-state index in [0.717, 1.165) is 24.3 Å². The first kappa shape index (κ1) is 42.4. The van der Waals surface area contributed by atoms with Gasteiger partial charge in [0.2, 0.25) is 0 Å². The predicted octanol–water partition coefficient (Wildman–Crippen LogP) is 8.11. The molecule has 0 spiro atoms. The van der Waals surface area contributed by atoms with Crippen molar-refractivity contribution in [3.63, 3.8) is 0 Å². The van der Waals surface area contributed by atoms with Crippen LogP contribution in [0.2, 0.25) is 0 Å². The zero-order valence-corrected chi connectivity index (χ0v) is 35.7. The van der Waals surface area contributed by atoms with Crippen molar-refractivity contribution in [3.05, 3.63) is 150 Å². The van der Waals surface area contributed by atoms with Gasteiger partial charge in [-0.1, -0.05) is 66.7 Å². The van der Waals surface area contributed by atoms with Gasteiger partial charge in [-0.25, -0.2) is 9.97 Å². The fourth-order valence-corrected chi connectivity index (χ4v) is 10.7. The molecule has 20 heteroatoms. The summed E-state index contributed by atoms with van der Waals surface area (Å²) in [6, 6.07) is 28.7. The fraction of sp³-hybridized carbons (Fsp3) is 0. The van der Waals surface area contributed by atoms with Crippen molar-refractivity contribution < 1.29 is 51.9 Å². The molecule has 0 saturated heterocycles. The highest BCUT2D eigenvalue weighted by atomic mass is 32.2. The van der Waals surface area contributed by atoms with E-state index in [9.17, 15) is 51.9 Å². The first-order chi connectivity index (χ1) is 30.3. The van der Waals surface area contributed by atoms with Crippen LogP contribution >= 0.6 is 0 Å². The maximum Gasteiger partial charge on any atom is 0.296 e. The Kier molecular flexibility index (Phi) is 10.2. The van der Waals surface area contributed by atoms with Crippen molar-refractivity contribution in [1.29, 1.82) is 0 Å². The molecule has 0 radical (unpaired) electrons. The fourth-order valence-electron chi connectivity index (χ4n) is 7.90. The summed E-state index contributed by atoms with van der Waals surface area (Å²) >= 11 is 0. The molecule has 0 saturated carbocycles. The Bertz CT molecular complexity index is 3860. The van der Waals surface area contributed by atoms with Crippen molar-refractivity contribution >= 4 is 86.8 Å². The van der Waals surface area contributed by atoms with Crippen molar-refractivity contribution in [2.75, 3.05) is 0 Å². The Hall–Kier alpha value is -6.88. The summed E-state index contributed by atoms with van der Waals surface area (Å²) in [4.78, 5) is 10.0. The van der Waals surface area contributed by atoms with Crippen molar-refractivity contribution in [1.82, 2.24) is 19.5 Å². The molecule has 2 aliphatic rings. The third-order valence-corrected chi connectivity index (χ3v) is 14.0. The van der Waals surface area contributed by atoms with Gasteiger partial charge in [-0.15, -0.1) is 0 Å². The van der Waals surface area contributed by atoms with Gasteiger partial charge in [0.15, 0.2) is 0 Å². The summed E-state index contributed by atoms with van der Waals surface area (Å²) in [6.45, 7) is 0. The van der Waals surface area contributed by atoms with Gasteiger partial charge < -0.3 is 9.55 Å². The van der Waals surface area contributed by atoms with Crippen LogP contribution in [-0.2, 0) is 40.5 Å². The lowest BCUT2D eigenvalue weighted by atomic mass is 9.93. The Labute approximate surface area is 365 Å². The summed E-state index contributed by atoms with van der Waals surface area (Å²) in [5.74, 6) is 0. The average molecular weight is 935 g/mol. The molecule has 7 aromatic rings. The predicted molar refractivity (Wildman–Crippen MR) is 239 cm³/mol. The van der Waals surface area contributed by atoms with Gasteiger partial charge in [-0.2, -0.15) is 33.7 Å². The quantitative estimate of drug-likeness (QED) is 0.0902. The van der Waals surface area contributed by atoms with Crippen LogP contribution in [0.5, 0.6) is 0 Å². The smallest absolute Gasteiger partial charge is 0.296 e. The molecule has 0 fully saturated rings. The van der Waals surface area contributed by atoms with E-state index in [4.69, 9.17) is 9.97 Å². The first-order valence-corrected chi connectivity index (χ1v) is 24.5. The number of para-hydroxylation sites is 1. The number of aromatic nitrogens is 4. The average Bonchev–Trinajstić information content (AvgIpc) is 4.05. The monoisotopic (exact) mass is 934 g/mol. The molecular formula is C44H30N4O12S4. The molecule has 16 nitrogen and oxygen atoms in total. The molecule has 0 amide bonds. The number of rotatable bonds is 8. The summed E-state index contributed by atoms with van der Waals surface area (Å²) in [5, 5.41) is 0. The van der Waals surface area contributed by atoms with Gasteiger partial charge in [0.05, 0.1) is 39.5 Å². The van der Waals surface area contributed by atoms with Gasteiger partial charge in [-0.05, 0) is 85.0 Å². The summed E-state index contributed by atoms with van der Waals surface area (Å²) in [6.07, 6.45) is 6.30. The topological polar surface area (TPSA) is 264 Å². The zero-order chi connectivity index (χ0) is 45.3. The molecule has 4 aromatic carbocycles. The van der Waals surface area contributed by atoms with E-state index >= 15 is 0 Å². The minimum atomic E-state index is -5.21. The van der Waals surface area contributed by atoms with E-state index in [1.54, 1.807) is 42.5 Å². The van der Waals surface area contributed by atoms with Crippen LogP contribution in [0.25, 0.3) is 85.4 Å². The third-order valence-electron chi connectivity index (χ3n) is 10.4. The van der Waals surface area contributed by atoms with E-state index in [1.807, 2.05) is 0 Å². The van der Waals surface area contributed by atoms with Gasteiger partial charge in [0.1, 0.15) is 19.6 Å². The standard InChI is InChI=1S/C44H30N4O12S4/c49-61(50,51)37-13-5-1-9-31(37)41-34-22-21-29(47-34)24-28-18-17-26(45-28)23-27-19-20-30(46-27)25-36-42(32-10-2-6-14-38(32)62(52,53)54)43(33-11-3-7-15-39(33)63(55,56)57)44(41)48(36)35-12-4-8-16-40(35)64(58,59)60/h1-25,45H,(H,49,50,51)(H,52,53,54)(H,55,56,57)(H,58,59,60). The minimum Gasteiger partial charge on any atom is -0.355 e. The summed E-state index contributed by atoms with van der Waals surface area (Å²) < 4.78 is 152. The third kappa shape index (κ3) is 7.77. The Morgan fingerprint density at radius 2 is 0.828 bits per heavy atom. The van der Waals surface area contributed by atoms with E-state index in [2.05, 4.69) is 4.98 Å². The van der Waals surface area contributed by atoms with Crippen LogP contribution in [0.3, 0.4) is 0 Å². The largest absolute Gasteiger partial charge is 0.355 e. The molecule has 5 N–H and O–H groups in total. The number of fused-ring (bicyclic) bond motifs is 8. The Morgan fingerprint density at radius 1 is 0.422 bits per heavy atom. The lowest BCUT2D eigenvalue weighted by Crippen LogP contribution is -2.07. The number of hydrogen-bond donors (Lipinski definition) is 5. The highest BCUT2D eigenvalue weighted by Crippen LogP contribution is 2.51. The maximum absolute atomic E-state index is 13.5. The molecular weight excluding hydrogens is 905 g/mol. The summed E-state index contributed by atoms with van der Waals surface area (Å²) in [7, 11) is -20.7. The number of nitrogens with zero attached hydrogens (tertiary/aromatic N) is 3. The van der Waals surface area contributed by atoms with E-state index in [-0.39, 0.29) is 61.5 Å². The van der Waals surface area contributed by atoms with Crippen molar-refractivity contribution in [3.8, 4) is 39.1 Å². The van der Waals surface area contributed by atoms with Crippen LogP contribution in [0.1, 0.15) is 22.8 Å². The van der Waals surface area contributed by atoms with Gasteiger partial charge >= 0.3 is 0 Å². The van der Waals surface area contributed by atoms with Crippen LogP contribution in [0.15, 0.2) is 147 Å². The normalized spacial score (nSPS) is 13.1. The number of H-pyrrole nitrogens is 1. The maximum atomic E-state index is 13.5. The molecule has 64 heavy (non-hydrogen) atoms. The lowest BCUT2D eigenvalue weighted by Gasteiger charge is -2.17. The number of nitrogens with one attached hydrogen (secondary N) is 1.